The van der Waals surface area contributed by atoms with Crippen molar-refractivity contribution in [1.29, 1.82) is 0 Å². The molecule has 2 heterocycles. The Hall–Kier alpha value is -1.44. The van der Waals surface area contributed by atoms with Crippen LogP contribution in [0.4, 0.5) is 0 Å². The number of nitrogens with zero attached hydrogens (tertiary/aromatic N) is 1. The molecule has 0 aliphatic carbocycles. The number of fused-ring (bicyclic) bond motifs is 1. The Morgan fingerprint density at radius 1 is 1.39 bits per heavy atom. The molecule has 7 heteroatoms. The number of thioether (sulfide) groups is 2. The Morgan fingerprint density at radius 3 is 2.61 bits per heavy atom. The van der Waals surface area contributed by atoms with E-state index in [4.69, 9.17) is 0 Å². The van der Waals surface area contributed by atoms with Crippen LogP contribution in [-0.2, 0) is 9.59 Å². The smallest absolute Gasteiger partial charge is 0.354 e. The Morgan fingerprint density at radius 2 is 2.04 bits per heavy atom. The average molecular weight is 351 g/mol. The number of hydrogen-bond donors (Lipinski definition) is 2. The number of hydrogen-bond acceptors (Lipinski definition) is 5. The first-order chi connectivity index (χ1) is 11.0. The van der Waals surface area contributed by atoms with Crippen LogP contribution in [0, 0.1) is 12.8 Å². The predicted octanol–water partition coefficient (Wildman–Crippen LogP) is 2.57. The monoisotopic (exact) mass is 351 g/mol. The number of aliphatic carboxylic acids is 1. The number of aliphatic hydroxyl groups excluding tert-OH is 1. The van der Waals surface area contributed by atoms with Crippen molar-refractivity contribution in [1.82, 2.24) is 4.90 Å². The molecule has 0 spiro atoms. The largest absolute Gasteiger partial charge is 0.477 e. The summed E-state index contributed by atoms with van der Waals surface area (Å²) in [5.41, 5.74) is 1.82. The first kappa shape index (κ1) is 16.4. The van der Waals surface area contributed by atoms with E-state index in [1.54, 1.807) is 0 Å². The van der Waals surface area contributed by atoms with E-state index in [0.717, 1.165) is 11.3 Å². The average Bonchev–Trinajstić information content (AvgIpc) is 2.83. The molecule has 122 valence electrons. The fourth-order valence-corrected chi connectivity index (χ4v) is 5.55. The third-order valence-electron chi connectivity index (χ3n) is 3.98. The standard InChI is InChI=1S/C16H17NO4S2/c1-3-22-16-11(15(20)21)17-13(19)10(14(17)23-16)12(18)9-6-4-8(2)5-7-9/h4-7,10,12,14,18H,3H2,1-2H3,(H,20,21)/t10-,12?,14+/m0/s1. The zero-order valence-electron chi connectivity index (χ0n) is 12.7. The van der Waals surface area contributed by atoms with Gasteiger partial charge in [0, 0.05) is 0 Å². The summed E-state index contributed by atoms with van der Waals surface area (Å²) >= 11 is 2.79. The topological polar surface area (TPSA) is 77.8 Å². The summed E-state index contributed by atoms with van der Waals surface area (Å²) in [6.07, 6.45) is -0.919. The number of amides is 1. The molecule has 0 aromatic heterocycles. The first-order valence-corrected chi connectivity index (χ1v) is 9.17. The van der Waals surface area contributed by atoms with Gasteiger partial charge in [-0.25, -0.2) is 4.79 Å². The minimum atomic E-state index is -1.09. The van der Waals surface area contributed by atoms with Crippen LogP contribution in [0.5, 0.6) is 0 Å². The predicted molar refractivity (Wildman–Crippen MR) is 90.6 cm³/mol. The molecule has 2 N–H and O–H groups in total. The van der Waals surface area contributed by atoms with Crippen molar-refractivity contribution in [3.8, 4) is 0 Å². The van der Waals surface area contributed by atoms with Gasteiger partial charge in [0.25, 0.3) is 0 Å². The van der Waals surface area contributed by atoms with Crippen LogP contribution in [-0.4, -0.2) is 38.1 Å². The number of carboxylic acid groups (broad SMARTS) is 1. The van der Waals surface area contributed by atoms with Crippen LogP contribution < -0.4 is 0 Å². The highest BCUT2D eigenvalue weighted by Gasteiger charge is 2.58. The molecule has 1 aromatic rings. The lowest BCUT2D eigenvalue weighted by atomic mass is 9.87. The van der Waals surface area contributed by atoms with Gasteiger partial charge < -0.3 is 10.2 Å². The number of benzene rings is 1. The van der Waals surface area contributed by atoms with E-state index in [-0.39, 0.29) is 17.0 Å². The van der Waals surface area contributed by atoms with Crippen LogP contribution in [0.15, 0.2) is 34.2 Å². The molecule has 0 bridgehead atoms. The quantitative estimate of drug-likeness (QED) is 0.794. The van der Waals surface area contributed by atoms with Crippen molar-refractivity contribution in [3.05, 3.63) is 45.3 Å². The first-order valence-electron chi connectivity index (χ1n) is 7.30. The van der Waals surface area contributed by atoms with Gasteiger partial charge >= 0.3 is 5.97 Å². The number of aliphatic hydroxyl groups is 1. The van der Waals surface area contributed by atoms with Crippen LogP contribution in [0.1, 0.15) is 24.2 Å². The number of carbonyl (C=O) groups is 2. The van der Waals surface area contributed by atoms with Crippen molar-refractivity contribution in [2.75, 3.05) is 5.75 Å². The molecule has 1 unspecified atom stereocenters. The molecule has 0 radical (unpaired) electrons. The van der Waals surface area contributed by atoms with E-state index < -0.39 is 18.0 Å². The SMILES string of the molecule is CCSC1=C(C(=O)O)N2C(=O)[C@H](C(O)c3ccc(C)cc3)[C@H]2S1. The highest BCUT2D eigenvalue weighted by Crippen LogP contribution is 2.55. The highest BCUT2D eigenvalue weighted by atomic mass is 32.2. The van der Waals surface area contributed by atoms with Gasteiger partial charge in [-0.3, -0.25) is 9.69 Å². The number of β-lactam (4-membered cyclic amide) rings is 1. The normalized spacial score (nSPS) is 24.5. The van der Waals surface area contributed by atoms with Crippen LogP contribution in [0.25, 0.3) is 0 Å². The molecule has 0 saturated carbocycles. The third-order valence-corrected chi connectivity index (χ3v) is 6.52. The molecule has 1 fully saturated rings. The maximum atomic E-state index is 12.4. The van der Waals surface area contributed by atoms with Gasteiger partial charge in [0.2, 0.25) is 5.91 Å². The minimum absolute atomic E-state index is 0.0595. The van der Waals surface area contributed by atoms with Gasteiger partial charge in [0.1, 0.15) is 5.37 Å². The maximum Gasteiger partial charge on any atom is 0.354 e. The zero-order valence-corrected chi connectivity index (χ0v) is 14.4. The van der Waals surface area contributed by atoms with Crippen LogP contribution >= 0.6 is 23.5 Å². The Kier molecular flexibility index (Phi) is 4.44. The second kappa shape index (κ2) is 6.22. The molecule has 5 nitrogen and oxygen atoms in total. The molecular formula is C16H17NO4S2. The van der Waals surface area contributed by atoms with Gasteiger partial charge in [-0.1, -0.05) is 48.5 Å². The van der Waals surface area contributed by atoms with Crippen molar-refractivity contribution >= 4 is 35.4 Å². The number of carboxylic acids is 1. The zero-order chi connectivity index (χ0) is 16.7. The van der Waals surface area contributed by atoms with E-state index in [9.17, 15) is 19.8 Å². The van der Waals surface area contributed by atoms with E-state index in [0.29, 0.717) is 9.80 Å². The Bertz CT molecular complexity index is 686. The molecule has 3 atom stereocenters. The molecule has 3 rings (SSSR count). The van der Waals surface area contributed by atoms with E-state index in [1.165, 1.54) is 28.4 Å². The minimum Gasteiger partial charge on any atom is -0.477 e. The van der Waals surface area contributed by atoms with Crippen molar-refractivity contribution in [2.24, 2.45) is 5.92 Å². The lowest BCUT2D eigenvalue weighted by molar-refractivity contribution is -0.157. The highest BCUT2D eigenvalue weighted by molar-refractivity contribution is 8.22. The third kappa shape index (κ3) is 2.66. The molecule has 2 aliphatic rings. The number of rotatable bonds is 5. The number of carbonyl (C=O) groups excluding carboxylic acids is 1. The van der Waals surface area contributed by atoms with Crippen molar-refractivity contribution in [3.63, 3.8) is 0 Å². The van der Waals surface area contributed by atoms with E-state index in [2.05, 4.69) is 0 Å². The van der Waals surface area contributed by atoms with Gasteiger partial charge in [-0.15, -0.1) is 11.8 Å². The van der Waals surface area contributed by atoms with Gasteiger partial charge in [0.15, 0.2) is 5.70 Å². The van der Waals surface area contributed by atoms with Crippen LogP contribution in [0.3, 0.4) is 0 Å². The summed E-state index contributed by atoms with van der Waals surface area (Å²) in [4.78, 5) is 25.2. The summed E-state index contributed by atoms with van der Waals surface area (Å²) in [5.74, 6) is -1.28. The summed E-state index contributed by atoms with van der Waals surface area (Å²) in [7, 11) is 0. The Labute approximate surface area is 142 Å². The van der Waals surface area contributed by atoms with Crippen molar-refractivity contribution < 1.29 is 19.8 Å². The second-order valence-electron chi connectivity index (χ2n) is 5.47. The molecule has 1 aromatic carbocycles. The summed E-state index contributed by atoms with van der Waals surface area (Å²) in [6, 6.07) is 7.40. The fourth-order valence-electron chi connectivity index (χ4n) is 2.80. The molecule has 1 saturated heterocycles. The van der Waals surface area contributed by atoms with E-state index >= 15 is 0 Å². The lowest BCUT2D eigenvalue weighted by Gasteiger charge is -2.44. The van der Waals surface area contributed by atoms with Crippen LogP contribution in [0.2, 0.25) is 0 Å². The van der Waals surface area contributed by atoms with Gasteiger partial charge in [-0.2, -0.15) is 0 Å². The van der Waals surface area contributed by atoms with E-state index in [1.807, 2.05) is 38.1 Å². The number of aryl methyl sites for hydroxylation is 1. The summed E-state index contributed by atoms with van der Waals surface area (Å²) < 4.78 is 0.650. The molecule has 2 aliphatic heterocycles. The summed E-state index contributed by atoms with van der Waals surface area (Å²) in [5, 5.41) is 19.6. The van der Waals surface area contributed by atoms with Gasteiger partial charge in [-0.05, 0) is 18.2 Å². The molecular weight excluding hydrogens is 334 g/mol. The van der Waals surface area contributed by atoms with Gasteiger partial charge in [0.05, 0.1) is 16.3 Å². The summed E-state index contributed by atoms with van der Waals surface area (Å²) in [6.45, 7) is 3.89. The second-order valence-corrected chi connectivity index (χ2v) is 8.13. The molecule has 1 amide bonds. The Balaban J connectivity index is 1.83. The lowest BCUT2D eigenvalue weighted by Crippen LogP contribution is -2.59. The van der Waals surface area contributed by atoms with Crippen molar-refractivity contribution in [2.45, 2.75) is 25.3 Å². The fraction of sp³-hybridized carbons (Fsp3) is 0.375. The molecule has 23 heavy (non-hydrogen) atoms. The maximum absolute atomic E-state index is 12.4.